The van der Waals surface area contributed by atoms with Gasteiger partial charge in [-0.25, -0.2) is 0 Å². The molecule has 2 heteroatoms. The van der Waals surface area contributed by atoms with Crippen molar-refractivity contribution in [3.8, 4) is 0 Å². The van der Waals surface area contributed by atoms with Crippen molar-refractivity contribution in [2.75, 3.05) is 0 Å². The molecule has 1 aliphatic rings. The third kappa shape index (κ3) is 3.14. The molecular formula is C9H11BrMg. The van der Waals surface area contributed by atoms with Crippen LogP contribution in [-0.2, 0) is 0 Å². The minimum Gasteiger partial charge on any atom is -1.00 e. The van der Waals surface area contributed by atoms with Gasteiger partial charge in [-0.2, -0.15) is 0 Å². The molecule has 56 valence electrons. The molecule has 0 nitrogen and oxygen atoms in total. The Morgan fingerprint density at radius 1 is 1.36 bits per heavy atom. The normalized spacial score (nSPS) is 21.5. The first-order valence-electron chi connectivity index (χ1n) is 3.57. The van der Waals surface area contributed by atoms with E-state index in [1.165, 1.54) is 11.1 Å². The molecule has 0 N–H and O–H groups in total. The molecule has 0 aromatic rings. The topological polar surface area (TPSA) is 0 Å². The number of hydrogen-bond acceptors (Lipinski definition) is 0. The van der Waals surface area contributed by atoms with Gasteiger partial charge in [0.25, 0.3) is 0 Å². The van der Waals surface area contributed by atoms with E-state index in [9.17, 15) is 0 Å². The van der Waals surface area contributed by atoms with Gasteiger partial charge in [-0.05, 0) is 0 Å². The summed E-state index contributed by atoms with van der Waals surface area (Å²) in [6.45, 7) is 4.33. The third-order valence-corrected chi connectivity index (χ3v) is 2.42. The van der Waals surface area contributed by atoms with Crippen LogP contribution in [0.25, 0.3) is 0 Å². The standard InChI is InChI=1S/C9H11.BrH.Mg/c1-8(2)9-6-4-3-5-7-9;;/h3-7H,1-2H3;1H;/q;;+1/p-1. The van der Waals surface area contributed by atoms with Gasteiger partial charge in [-0.3, -0.25) is 0 Å². The first-order chi connectivity index (χ1) is 4.72. The zero-order valence-electron chi connectivity index (χ0n) is 6.97. The summed E-state index contributed by atoms with van der Waals surface area (Å²) in [7, 11) is 0. The van der Waals surface area contributed by atoms with Gasteiger partial charge in [0, 0.05) is 0 Å². The molecule has 0 saturated heterocycles. The molecule has 0 radical (unpaired) electrons. The van der Waals surface area contributed by atoms with E-state index in [1.54, 1.807) is 0 Å². The second-order valence-corrected chi connectivity index (χ2v) is 3.69. The largest absolute Gasteiger partial charge is 1.00 e. The predicted molar refractivity (Wildman–Crippen MR) is 46.2 cm³/mol. The van der Waals surface area contributed by atoms with E-state index >= 15 is 0 Å². The summed E-state index contributed by atoms with van der Waals surface area (Å²) in [5.74, 6) is 0. The fourth-order valence-corrected chi connectivity index (χ4v) is 1.82. The molecule has 0 spiro atoms. The van der Waals surface area contributed by atoms with Gasteiger partial charge in [0.15, 0.2) is 0 Å². The SMILES string of the molecule is CC(C)=C1C=CC=C[CH]1[Mg+].[Br-]. The van der Waals surface area contributed by atoms with Gasteiger partial charge in [-0.15, -0.1) is 0 Å². The summed E-state index contributed by atoms with van der Waals surface area (Å²) in [5, 5.41) is 0. The summed E-state index contributed by atoms with van der Waals surface area (Å²) in [6, 6.07) is 0. The van der Waals surface area contributed by atoms with Gasteiger partial charge in [-0.1, -0.05) is 0 Å². The Bertz CT molecular complexity index is 210. The van der Waals surface area contributed by atoms with Crippen molar-refractivity contribution in [3.63, 3.8) is 0 Å². The van der Waals surface area contributed by atoms with Gasteiger partial charge in [0.05, 0.1) is 0 Å². The maximum Gasteiger partial charge on any atom is -1.00 e. The van der Waals surface area contributed by atoms with Crippen molar-refractivity contribution in [1.82, 2.24) is 0 Å². The summed E-state index contributed by atoms with van der Waals surface area (Å²) >= 11 is 2.03. The molecule has 1 atom stereocenters. The average molecular weight is 223 g/mol. The van der Waals surface area contributed by atoms with Crippen molar-refractivity contribution in [3.05, 3.63) is 35.5 Å². The van der Waals surface area contributed by atoms with Crippen LogP contribution in [0.5, 0.6) is 0 Å². The van der Waals surface area contributed by atoms with E-state index in [1.807, 2.05) is 21.7 Å². The summed E-state index contributed by atoms with van der Waals surface area (Å²) in [6.07, 6.45) is 8.66. The Hall–Kier alpha value is 0.466. The number of hydrogen-bond donors (Lipinski definition) is 0. The maximum atomic E-state index is 2.24. The van der Waals surface area contributed by atoms with Gasteiger partial charge in [0.2, 0.25) is 0 Å². The first-order valence-corrected chi connectivity index (χ1v) is 4.39. The smallest absolute Gasteiger partial charge is 1.00 e. The van der Waals surface area contributed by atoms with Crippen LogP contribution >= 0.6 is 0 Å². The molecular weight excluding hydrogens is 212 g/mol. The Kier molecular flexibility index (Phi) is 5.39. The number of halogens is 1. The van der Waals surface area contributed by atoms with Crippen LogP contribution in [0.1, 0.15) is 13.8 Å². The van der Waals surface area contributed by atoms with Crippen LogP contribution in [0.3, 0.4) is 0 Å². The van der Waals surface area contributed by atoms with E-state index in [-0.39, 0.29) is 17.0 Å². The summed E-state index contributed by atoms with van der Waals surface area (Å²) in [4.78, 5) is 0. The van der Waals surface area contributed by atoms with Gasteiger partial charge in [0.1, 0.15) is 0 Å². The zero-order valence-corrected chi connectivity index (χ0v) is 9.97. The molecule has 1 unspecified atom stereocenters. The zero-order chi connectivity index (χ0) is 7.56. The fraction of sp³-hybridized carbons (Fsp3) is 0.333. The molecule has 0 fully saturated rings. The molecule has 0 bridgehead atoms. The Labute approximate surface area is 91.6 Å². The van der Waals surface area contributed by atoms with E-state index in [0.717, 1.165) is 0 Å². The number of allylic oxidation sites excluding steroid dienone is 6. The molecule has 0 amide bonds. The van der Waals surface area contributed by atoms with Crippen molar-refractivity contribution in [2.24, 2.45) is 0 Å². The Morgan fingerprint density at radius 2 is 2.00 bits per heavy atom. The maximum absolute atomic E-state index is 2.24. The minimum atomic E-state index is 0. The van der Waals surface area contributed by atoms with Crippen molar-refractivity contribution >= 4 is 21.7 Å². The average Bonchev–Trinajstić information content (AvgIpc) is 1.88. The van der Waals surface area contributed by atoms with E-state index in [4.69, 9.17) is 0 Å². The van der Waals surface area contributed by atoms with E-state index in [0.29, 0.717) is 4.05 Å². The van der Waals surface area contributed by atoms with Crippen molar-refractivity contribution < 1.29 is 17.0 Å². The van der Waals surface area contributed by atoms with E-state index < -0.39 is 0 Å². The van der Waals surface area contributed by atoms with Crippen LogP contribution in [0.4, 0.5) is 0 Å². The molecule has 1 aliphatic carbocycles. The third-order valence-electron chi connectivity index (χ3n) is 1.71. The number of rotatable bonds is 0. The molecule has 1 rings (SSSR count). The second kappa shape index (κ2) is 5.17. The van der Waals surface area contributed by atoms with Crippen LogP contribution < -0.4 is 17.0 Å². The van der Waals surface area contributed by atoms with E-state index in [2.05, 4.69) is 38.2 Å². The molecule has 0 heterocycles. The van der Waals surface area contributed by atoms with Crippen molar-refractivity contribution in [2.45, 2.75) is 17.9 Å². The molecule has 0 saturated carbocycles. The molecule has 0 aliphatic heterocycles. The summed E-state index contributed by atoms with van der Waals surface area (Å²) < 4.78 is 0.634. The van der Waals surface area contributed by atoms with Gasteiger partial charge >= 0.3 is 75.1 Å². The van der Waals surface area contributed by atoms with Crippen LogP contribution in [-0.4, -0.2) is 21.7 Å². The molecule has 11 heavy (non-hydrogen) atoms. The predicted octanol–water partition coefficient (Wildman–Crippen LogP) is -0.590. The minimum absolute atomic E-state index is 0. The second-order valence-electron chi connectivity index (χ2n) is 2.81. The Morgan fingerprint density at radius 3 is 2.36 bits per heavy atom. The first kappa shape index (κ1) is 11.5. The summed E-state index contributed by atoms with van der Waals surface area (Å²) in [5.41, 5.74) is 2.90. The van der Waals surface area contributed by atoms with Crippen LogP contribution in [0, 0.1) is 0 Å². The molecule has 0 aromatic carbocycles. The monoisotopic (exact) mass is 222 g/mol. The van der Waals surface area contributed by atoms with Crippen molar-refractivity contribution in [1.29, 1.82) is 0 Å². The van der Waals surface area contributed by atoms with Crippen LogP contribution in [0.15, 0.2) is 35.5 Å². The molecule has 0 aromatic heterocycles. The Balaban J connectivity index is 0.000001000. The van der Waals surface area contributed by atoms with Gasteiger partial charge < -0.3 is 17.0 Å². The van der Waals surface area contributed by atoms with Crippen LogP contribution in [0.2, 0.25) is 4.05 Å². The fourth-order valence-electron chi connectivity index (χ4n) is 1.12. The quantitative estimate of drug-likeness (QED) is 0.482.